The van der Waals surface area contributed by atoms with Crippen molar-refractivity contribution >= 4 is 12.0 Å². The summed E-state index contributed by atoms with van der Waals surface area (Å²) in [4.78, 5) is 11.5. The molecule has 0 spiro atoms. The molecule has 94 valence electrons. The summed E-state index contributed by atoms with van der Waals surface area (Å²) in [6, 6.07) is 12.9. The fourth-order valence-electron chi connectivity index (χ4n) is 1.46. The van der Waals surface area contributed by atoms with Crippen LogP contribution >= 0.6 is 0 Å². The minimum Gasteiger partial charge on any atom is -0.464 e. The zero-order valence-corrected chi connectivity index (χ0v) is 10.1. The van der Waals surface area contributed by atoms with Gasteiger partial charge in [-0.05, 0) is 17.7 Å². The lowest BCUT2D eigenvalue weighted by Gasteiger charge is -2.01. The van der Waals surface area contributed by atoms with Crippen LogP contribution < -0.4 is 0 Å². The van der Waals surface area contributed by atoms with Crippen LogP contribution in [0, 0.1) is 11.3 Å². The predicted octanol–water partition coefficient (Wildman–Crippen LogP) is 2.91. The molecule has 1 aromatic heterocycles. The van der Waals surface area contributed by atoms with Crippen molar-refractivity contribution in [1.82, 2.24) is 0 Å². The molecule has 0 fully saturated rings. The normalized spacial score (nSPS) is 10.3. The number of nitriles is 1. The summed E-state index contributed by atoms with van der Waals surface area (Å²) in [6.07, 6.45) is 4.06. The molecule has 4 nitrogen and oxygen atoms in total. The highest BCUT2D eigenvalue weighted by Gasteiger charge is 2.03. The molecule has 1 aromatic carbocycles. The molecule has 0 bridgehead atoms. The lowest BCUT2D eigenvalue weighted by Crippen LogP contribution is -2.00. The minimum absolute atomic E-state index is 0.216. The third-order valence-corrected chi connectivity index (χ3v) is 2.41. The maximum atomic E-state index is 11.5. The van der Waals surface area contributed by atoms with Crippen LogP contribution in [0.2, 0.25) is 0 Å². The van der Waals surface area contributed by atoms with Gasteiger partial charge in [0.2, 0.25) is 0 Å². The Kier molecular flexibility index (Phi) is 4.14. The number of ether oxygens (including phenoxy) is 1. The molecule has 0 saturated heterocycles. The lowest BCUT2D eigenvalue weighted by atomic mass is 10.2. The van der Waals surface area contributed by atoms with Crippen LogP contribution in [0.1, 0.15) is 16.9 Å². The Balaban J connectivity index is 1.90. The van der Waals surface area contributed by atoms with Crippen LogP contribution in [-0.4, -0.2) is 5.97 Å². The van der Waals surface area contributed by atoms with E-state index in [2.05, 4.69) is 0 Å². The van der Waals surface area contributed by atoms with Gasteiger partial charge in [0.05, 0.1) is 11.8 Å². The number of nitrogens with zero attached hydrogens (tertiary/aromatic N) is 1. The van der Waals surface area contributed by atoms with Gasteiger partial charge < -0.3 is 9.15 Å². The van der Waals surface area contributed by atoms with Crippen molar-refractivity contribution in [2.24, 2.45) is 0 Å². The van der Waals surface area contributed by atoms with Gasteiger partial charge in [-0.2, -0.15) is 5.26 Å². The Labute approximate surface area is 110 Å². The number of rotatable bonds is 4. The lowest BCUT2D eigenvalue weighted by molar-refractivity contribution is -0.138. The molecule has 0 N–H and O–H groups in total. The highest BCUT2D eigenvalue weighted by Crippen LogP contribution is 2.11. The zero-order chi connectivity index (χ0) is 13.5. The second kappa shape index (κ2) is 6.22. The van der Waals surface area contributed by atoms with Gasteiger partial charge in [0.25, 0.3) is 0 Å². The van der Waals surface area contributed by atoms with E-state index in [1.807, 2.05) is 36.4 Å². The second-order valence-corrected chi connectivity index (χ2v) is 3.74. The molecule has 0 aliphatic carbocycles. The standard InChI is InChI=1S/C15H11NO3/c16-10-13-8-9-18-14(13)6-7-15(17)19-11-12-4-2-1-3-5-12/h1-9H,11H2/b7-6+. The Morgan fingerprint density at radius 1 is 1.32 bits per heavy atom. The van der Waals surface area contributed by atoms with E-state index in [-0.39, 0.29) is 6.61 Å². The van der Waals surface area contributed by atoms with Gasteiger partial charge in [-0.15, -0.1) is 0 Å². The van der Waals surface area contributed by atoms with E-state index in [0.717, 1.165) is 5.56 Å². The van der Waals surface area contributed by atoms with Crippen molar-refractivity contribution in [1.29, 1.82) is 5.26 Å². The van der Waals surface area contributed by atoms with E-state index in [1.54, 1.807) is 0 Å². The number of carbonyl (C=O) groups excluding carboxylic acids is 1. The van der Waals surface area contributed by atoms with Crippen LogP contribution in [0.5, 0.6) is 0 Å². The first-order valence-electron chi connectivity index (χ1n) is 5.66. The molecular formula is C15H11NO3. The molecule has 0 aliphatic rings. The quantitative estimate of drug-likeness (QED) is 0.620. The number of hydrogen-bond acceptors (Lipinski definition) is 4. The summed E-state index contributed by atoms with van der Waals surface area (Å²) in [6.45, 7) is 0.216. The second-order valence-electron chi connectivity index (χ2n) is 3.74. The van der Waals surface area contributed by atoms with E-state index < -0.39 is 5.97 Å². The van der Waals surface area contributed by atoms with Crippen molar-refractivity contribution in [3.8, 4) is 6.07 Å². The monoisotopic (exact) mass is 253 g/mol. The molecule has 4 heteroatoms. The smallest absolute Gasteiger partial charge is 0.331 e. The number of esters is 1. The number of hydrogen-bond donors (Lipinski definition) is 0. The van der Waals surface area contributed by atoms with Gasteiger partial charge in [0.1, 0.15) is 18.4 Å². The first-order valence-corrected chi connectivity index (χ1v) is 5.66. The molecule has 0 amide bonds. The maximum absolute atomic E-state index is 11.5. The first kappa shape index (κ1) is 12.7. The third kappa shape index (κ3) is 3.58. The minimum atomic E-state index is -0.482. The Bertz CT molecular complexity index is 620. The average Bonchev–Trinajstić information content (AvgIpc) is 2.91. The fourth-order valence-corrected chi connectivity index (χ4v) is 1.46. The van der Waals surface area contributed by atoms with E-state index in [4.69, 9.17) is 14.4 Å². The molecule has 0 unspecified atom stereocenters. The van der Waals surface area contributed by atoms with Crippen molar-refractivity contribution < 1.29 is 13.9 Å². The topological polar surface area (TPSA) is 63.2 Å². The van der Waals surface area contributed by atoms with E-state index in [1.165, 1.54) is 24.5 Å². The summed E-state index contributed by atoms with van der Waals surface area (Å²) < 4.78 is 10.1. The van der Waals surface area contributed by atoms with Crippen molar-refractivity contribution in [2.75, 3.05) is 0 Å². The van der Waals surface area contributed by atoms with Gasteiger partial charge >= 0.3 is 5.97 Å². The molecule has 19 heavy (non-hydrogen) atoms. The summed E-state index contributed by atoms with van der Waals surface area (Å²) >= 11 is 0. The van der Waals surface area contributed by atoms with Gasteiger partial charge in [-0.25, -0.2) is 4.79 Å². The molecule has 0 aliphatic heterocycles. The van der Waals surface area contributed by atoms with Gasteiger partial charge in [-0.1, -0.05) is 30.3 Å². The van der Waals surface area contributed by atoms with Crippen LogP contribution in [0.25, 0.3) is 6.08 Å². The van der Waals surface area contributed by atoms with Gasteiger partial charge in [0.15, 0.2) is 0 Å². The predicted molar refractivity (Wildman–Crippen MR) is 68.7 cm³/mol. The Morgan fingerprint density at radius 2 is 2.11 bits per heavy atom. The maximum Gasteiger partial charge on any atom is 0.331 e. The summed E-state index contributed by atoms with van der Waals surface area (Å²) in [5.74, 6) is -0.136. The van der Waals surface area contributed by atoms with Crippen LogP contribution in [0.3, 0.4) is 0 Å². The first-order chi connectivity index (χ1) is 9.29. The molecule has 1 heterocycles. The van der Waals surface area contributed by atoms with E-state index >= 15 is 0 Å². The molecule has 2 aromatic rings. The SMILES string of the molecule is N#Cc1ccoc1/C=C/C(=O)OCc1ccccc1. The number of furan rings is 1. The van der Waals surface area contributed by atoms with Gasteiger partial charge in [-0.3, -0.25) is 0 Å². The highest BCUT2D eigenvalue weighted by molar-refractivity contribution is 5.86. The zero-order valence-electron chi connectivity index (χ0n) is 10.1. The van der Waals surface area contributed by atoms with Crippen LogP contribution in [-0.2, 0) is 16.1 Å². The summed E-state index contributed by atoms with van der Waals surface area (Å²) in [5.41, 5.74) is 1.30. The molecule has 0 atom stereocenters. The average molecular weight is 253 g/mol. The Morgan fingerprint density at radius 3 is 2.84 bits per heavy atom. The van der Waals surface area contributed by atoms with Crippen LogP contribution in [0.4, 0.5) is 0 Å². The largest absolute Gasteiger partial charge is 0.464 e. The van der Waals surface area contributed by atoms with Crippen molar-refractivity contribution in [3.05, 3.63) is 65.6 Å². The summed E-state index contributed by atoms with van der Waals surface area (Å²) in [7, 11) is 0. The van der Waals surface area contributed by atoms with Crippen molar-refractivity contribution in [2.45, 2.75) is 6.61 Å². The molecule has 0 saturated carbocycles. The van der Waals surface area contributed by atoms with Gasteiger partial charge in [0, 0.05) is 6.08 Å². The highest BCUT2D eigenvalue weighted by atomic mass is 16.5. The number of carbonyl (C=O) groups is 1. The van der Waals surface area contributed by atoms with Crippen LogP contribution in [0.15, 0.2) is 53.2 Å². The Hall–Kier alpha value is -2.80. The number of benzene rings is 1. The third-order valence-electron chi connectivity index (χ3n) is 2.41. The molecule has 2 rings (SSSR count). The van der Waals surface area contributed by atoms with Crippen molar-refractivity contribution in [3.63, 3.8) is 0 Å². The van der Waals surface area contributed by atoms with E-state index in [9.17, 15) is 4.79 Å². The summed E-state index contributed by atoms with van der Waals surface area (Å²) in [5, 5.41) is 8.76. The van der Waals surface area contributed by atoms with E-state index in [0.29, 0.717) is 11.3 Å². The molecular weight excluding hydrogens is 242 g/mol. The fraction of sp³-hybridized carbons (Fsp3) is 0.0667. The molecule has 0 radical (unpaired) electrons.